The van der Waals surface area contributed by atoms with Crippen molar-refractivity contribution in [2.75, 3.05) is 44.2 Å². The fourth-order valence-corrected chi connectivity index (χ4v) is 12.6. The van der Waals surface area contributed by atoms with Crippen molar-refractivity contribution in [2.24, 2.45) is 72.9 Å². The Hall–Kier alpha value is -9.16. The van der Waals surface area contributed by atoms with E-state index in [1.54, 1.807) is 58.0 Å². The molecule has 0 radical (unpaired) electrons. The number of aliphatic imine (C=N–C) groups is 3. The Balaban J connectivity index is 2.18. The first-order chi connectivity index (χ1) is 46.5. The van der Waals surface area contributed by atoms with Crippen molar-refractivity contribution in [3.63, 3.8) is 0 Å². The van der Waals surface area contributed by atoms with E-state index in [-0.39, 0.29) is 119 Å². The van der Waals surface area contributed by atoms with Crippen LogP contribution in [0.2, 0.25) is 0 Å². The molecule has 1 saturated carbocycles. The minimum Gasteiger partial charge on any atom is -0.481 e. The number of nitrogens with one attached hydrogen (secondary N) is 11. The number of amides is 12. The first kappa shape index (κ1) is 83.1. The van der Waals surface area contributed by atoms with E-state index < -0.39 is 163 Å². The number of nitrogens with two attached hydrogens (primary N) is 7. The maximum absolute atomic E-state index is 14.8. The van der Waals surface area contributed by atoms with Crippen LogP contribution in [0.4, 0.5) is 0 Å². The molecule has 1 aromatic rings. The van der Waals surface area contributed by atoms with Gasteiger partial charge in [0.15, 0.2) is 17.9 Å². The highest BCUT2D eigenvalue weighted by Gasteiger charge is 2.38. The third-order valence-corrected chi connectivity index (χ3v) is 18.7. The topological polar surface area (TPSA) is 594 Å². The number of hydrogen-bond donors (Lipinski definition) is 19. The molecule has 2 fully saturated rings. The zero-order valence-corrected chi connectivity index (χ0v) is 57.7. The predicted octanol–water partition coefficient (Wildman–Crippen LogP) is -4.60. The number of carbonyl (C=O) groups is 13. The van der Waals surface area contributed by atoms with Crippen LogP contribution in [-0.4, -0.2) is 198 Å². The molecule has 2 aliphatic rings. The number of nitrogens with zero attached hydrogens (tertiary/aromatic N) is 3. The quantitative estimate of drug-likeness (QED) is 0.0225. The third kappa shape index (κ3) is 31.8. The van der Waals surface area contributed by atoms with Gasteiger partial charge in [0.25, 0.3) is 0 Å². The van der Waals surface area contributed by atoms with Crippen molar-refractivity contribution >= 4 is 116 Å². The number of aliphatic carboxylic acids is 1. The van der Waals surface area contributed by atoms with Gasteiger partial charge in [-0.2, -0.15) is 0 Å². The molecule has 11 atom stereocenters. The zero-order chi connectivity index (χ0) is 72.9. The summed E-state index contributed by atoms with van der Waals surface area (Å²) in [5, 5.41) is 38.6. The van der Waals surface area contributed by atoms with Gasteiger partial charge in [-0.1, -0.05) is 112 Å². The SMILES string of the molecule is CC[C@H](C)[C@@H]1NC(=O)[C@@H](CCCN=C(N)N)NC(=O)CNC(=O)CNC(=O)[C@@H](C2CCCCC2)NC(=O)CCSSC[C@H](C(N)=O)NC(=O)[C@@H](CCCN=C(N)N)NC(=O)[C@H](Cc2ccccc2)NC(=O)[C@@H]([C@@H](C)CC)NC(=O)[C@H](CCCN=C(N)N)NC(=O)[C@@H](CC(=O)O)NC1=O. The number of primary amides is 1. The molecule has 546 valence electrons. The fraction of sp³-hybridized carbons (Fsp3) is 0.639. The highest BCUT2D eigenvalue weighted by Crippen LogP contribution is 2.28. The lowest BCUT2D eigenvalue weighted by molar-refractivity contribution is -0.142. The largest absolute Gasteiger partial charge is 0.481 e. The molecule has 1 aliphatic carbocycles. The predicted molar refractivity (Wildman–Crippen MR) is 370 cm³/mol. The van der Waals surface area contributed by atoms with E-state index in [0.29, 0.717) is 18.4 Å². The van der Waals surface area contributed by atoms with E-state index >= 15 is 0 Å². The summed E-state index contributed by atoms with van der Waals surface area (Å²) in [5.41, 5.74) is 39.7. The fourth-order valence-electron chi connectivity index (χ4n) is 10.4. The van der Waals surface area contributed by atoms with E-state index in [4.69, 9.17) is 40.1 Å². The van der Waals surface area contributed by atoms with Crippen LogP contribution < -0.4 is 98.6 Å². The van der Waals surface area contributed by atoms with Gasteiger partial charge in [-0.05, 0) is 74.7 Å². The molecule has 0 bridgehead atoms. The van der Waals surface area contributed by atoms with Crippen LogP contribution in [0.1, 0.15) is 130 Å². The summed E-state index contributed by atoms with van der Waals surface area (Å²) in [6.07, 6.45) is 2.66. The summed E-state index contributed by atoms with van der Waals surface area (Å²) in [5.74, 6) is -14.5. The van der Waals surface area contributed by atoms with Crippen molar-refractivity contribution in [3.05, 3.63) is 35.9 Å². The molecule has 35 nitrogen and oxygen atoms in total. The van der Waals surface area contributed by atoms with E-state index in [1.807, 2.05) is 0 Å². The summed E-state index contributed by atoms with van der Waals surface area (Å²) in [6.45, 7) is 5.24. The van der Waals surface area contributed by atoms with Gasteiger partial charge in [-0.15, -0.1) is 0 Å². The summed E-state index contributed by atoms with van der Waals surface area (Å²) in [7, 11) is 2.27. The van der Waals surface area contributed by atoms with Crippen molar-refractivity contribution in [3.8, 4) is 0 Å². The molecule has 1 heterocycles. The summed E-state index contributed by atoms with van der Waals surface area (Å²) < 4.78 is 0. The standard InChI is InChI=1S/C61H101N21O14S2/c1-5-33(3)47-57(95)77-40(28-35-16-9-7-10-17-35)54(92)75-38(21-14-25-70-60(65)66)51(89)79-42(50(62)88)32-98-97-27-23-43(83)80-49(36-18-11-8-12-19-36)56(94)73-30-44(84)72-31-45(85)74-37(20-13-24-69-59(63)64)52(90)81-48(34(4)6-2)58(96)78-41(29-46(86)87)55(93)76-39(53(91)82-47)22-15-26-71-61(67)68/h7,9-10,16-17,33-34,36-42,47-49H,5-6,8,11-15,18-32H2,1-4H3,(H2,62,88)(H,72,84)(H,73,94)(H,74,85)(H,75,92)(H,76,93)(H,77,95)(H,78,96)(H,79,89)(H,80,83)(H,81,90)(H,82,91)(H,86,87)(H4,63,64,69)(H4,65,66,70)(H4,67,68,71)/t33-,34-,37+,38+,39-,40-,41+,42+,47+,48-,49+/m0/s1. The second-order valence-electron chi connectivity index (χ2n) is 24.0. The monoisotopic (exact) mass is 1420 g/mol. The first-order valence-corrected chi connectivity index (χ1v) is 35.2. The van der Waals surface area contributed by atoms with Crippen LogP contribution in [0.15, 0.2) is 45.3 Å². The Bertz CT molecular complexity index is 2950. The highest BCUT2D eigenvalue weighted by molar-refractivity contribution is 8.76. The maximum Gasteiger partial charge on any atom is 0.305 e. The number of carbonyl (C=O) groups excluding carboxylic acids is 12. The summed E-state index contributed by atoms with van der Waals surface area (Å²) in [6, 6.07) is -4.62. The molecule has 1 aliphatic heterocycles. The molecular formula is C61H101N21O14S2. The molecule has 37 heteroatoms. The van der Waals surface area contributed by atoms with Gasteiger partial charge in [0.2, 0.25) is 70.9 Å². The van der Waals surface area contributed by atoms with Gasteiger partial charge in [0.1, 0.15) is 54.4 Å². The lowest BCUT2D eigenvalue weighted by Gasteiger charge is -2.30. The second kappa shape index (κ2) is 44.6. The molecule has 98 heavy (non-hydrogen) atoms. The third-order valence-electron chi connectivity index (χ3n) is 16.2. The molecular weight excluding hydrogens is 1310 g/mol. The number of carboxylic acids is 1. The number of guanidine groups is 3. The lowest BCUT2D eigenvalue weighted by Crippen LogP contribution is -2.62. The molecule has 26 N–H and O–H groups in total. The van der Waals surface area contributed by atoms with Crippen LogP contribution in [0.25, 0.3) is 0 Å². The van der Waals surface area contributed by atoms with E-state index in [9.17, 15) is 67.4 Å². The molecule has 1 saturated heterocycles. The van der Waals surface area contributed by atoms with Gasteiger partial charge in [0, 0.05) is 44.0 Å². The summed E-state index contributed by atoms with van der Waals surface area (Å²) >= 11 is 0. The summed E-state index contributed by atoms with van der Waals surface area (Å²) in [4.78, 5) is 193. The van der Waals surface area contributed by atoms with Crippen molar-refractivity contribution in [1.82, 2.24) is 58.5 Å². The van der Waals surface area contributed by atoms with Gasteiger partial charge < -0.3 is 104 Å². The number of carboxylic acid groups (broad SMARTS) is 1. The Morgan fingerprint density at radius 1 is 0.510 bits per heavy atom. The van der Waals surface area contributed by atoms with Crippen LogP contribution in [0.3, 0.4) is 0 Å². The van der Waals surface area contributed by atoms with Crippen LogP contribution in [0, 0.1) is 17.8 Å². The van der Waals surface area contributed by atoms with Gasteiger partial charge in [0.05, 0.1) is 19.5 Å². The van der Waals surface area contributed by atoms with E-state index in [0.717, 1.165) is 30.1 Å². The highest BCUT2D eigenvalue weighted by atomic mass is 33.1. The van der Waals surface area contributed by atoms with Gasteiger partial charge >= 0.3 is 5.97 Å². The Morgan fingerprint density at radius 3 is 1.44 bits per heavy atom. The number of benzene rings is 1. The zero-order valence-electron chi connectivity index (χ0n) is 56.0. The van der Waals surface area contributed by atoms with Gasteiger partial charge in [-0.25, -0.2) is 0 Å². The van der Waals surface area contributed by atoms with Crippen molar-refractivity contribution < 1.29 is 67.4 Å². The van der Waals surface area contributed by atoms with Crippen molar-refractivity contribution in [2.45, 2.75) is 185 Å². The van der Waals surface area contributed by atoms with Gasteiger partial charge in [-0.3, -0.25) is 77.3 Å². The smallest absolute Gasteiger partial charge is 0.305 e. The van der Waals surface area contributed by atoms with Crippen LogP contribution in [0.5, 0.6) is 0 Å². The minimum atomic E-state index is -1.93. The van der Waals surface area contributed by atoms with Crippen LogP contribution >= 0.6 is 21.6 Å². The average molecular weight is 1420 g/mol. The first-order valence-electron chi connectivity index (χ1n) is 32.7. The molecule has 0 aromatic heterocycles. The molecule has 12 amide bonds. The van der Waals surface area contributed by atoms with E-state index in [2.05, 4.69) is 73.5 Å². The molecule has 3 rings (SSSR count). The Labute approximate surface area is 577 Å². The van der Waals surface area contributed by atoms with Crippen molar-refractivity contribution in [1.29, 1.82) is 0 Å². The molecule has 1 aromatic carbocycles. The van der Waals surface area contributed by atoms with Crippen LogP contribution in [-0.2, 0) is 68.7 Å². The normalized spacial score (nSPS) is 24.2. The number of rotatable bonds is 22. The Morgan fingerprint density at radius 2 is 0.959 bits per heavy atom. The minimum absolute atomic E-state index is 0.00103. The maximum atomic E-state index is 14.8. The number of hydrogen-bond acceptors (Lipinski definition) is 18. The molecule has 0 unspecified atom stereocenters. The molecule has 0 spiro atoms. The second-order valence-corrected chi connectivity index (χ2v) is 26.6. The Kier molecular flexibility index (Phi) is 37.8. The lowest BCUT2D eigenvalue weighted by atomic mass is 9.83. The van der Waals surface area contributed by atoms with E-state index in [1.165, 1.54) is 10.8 Å². The average Bonchev–Trinajstić information content (AvgIpc) is 0.872.